The van der Waals surface area contributed by atoms with Gasteiger partial charge < -0.3 is 16.4 Å². The molecule has 0 aromatic heterocycles. The number of rotatable bonds is 7. The molecule has 1 aliphatic rings. The average Bonchev–Trinajstić information content (AvgIpc) is 2.62. The lowest BCUT2D eigenvalue weighted by Gasteiger charge is -2.22. The van der Waals surface area contributed by atoms with E-state index in [1.54, 1.807) is 0 Å². The van der Waals surface area contributed by atoms with Crippen LogP contribution in [0.4, 0.5) is 5.69 Å². The maximum absolute atomic E-state index is 12.0. The van der Waals surface area contributed by atoms with Gasteiger partial charge >= 0.3 is 0 Å². The summed E-state index contributed by atoms with van der Waals surface area (Å²) in [6.07, 6.45) is 8.19. The number of aryl methyl sites for hydroxylation is 2. The van der Waals surface area contributed by atoms with Gasteiger partial charge in [-0.1, -0.05) is 51.3 Å². The van der Waals surface area contributed by atoms with Crippen LogP contribution < -0.4 is 16.4 Å². The largest absolute Gasteiger partial charge is 0.370 e. The van der Waals surface area contributed by atoms with Crippen molar-refractivity contribution in [3.05, 3.63) is 29.3 Å². The molecule has 4 N–H and O–H groups in total. The van der Waals surface area contributed by atoms with E-state index in [0.29, 0.717) is 25.0 Å². The molecule has 0 saturated heterocycles. The molecular weight excluding hydrogens is 312 g/mol. The zero-order valence-electron chi connectivity index (χ0n) is 15.6. The summed E-state index contributed by atoms with van der Waals surface area (Å²) in [5, 5.41) is 6.34. The summed E-state index contributed by atoms with van der Waals surface area (Å²) in [5.74, 6) is 0.452. The van der Waals surface area contributed by atoms with Crippen LogP contribution in [0.5, 0.6) is 0 Å². The molecule has 1 aliphatic carbocycles. The predicted molar refractivity (Wildman–Crippen MR) is 105 cm³/mol. The number of aliphatic imine (C=N–C) groups is 1. The highest BCUT2D eigenvalue weighted by Crippen LogP contribution is 2.22. The molecule has 1 amide bonds. The molecule has 0 radical (unpaired) electrons. The van der Waals surface area contributed by atoms with Crippen molar-refractivity contribution < 1.29 is 4.79 Å². The fraction of sp³-hybridized carbons (Fsp3) is 0.600. The second-order valence-electron chi connectivity index (χ2n) is 6.70. The van der Waals surface area contributed by atoms with Crippen LogP contribution in [-0.2, 0) is 17.6 Å². The topological polar surface area (TPSA) is 79.5 Å². The van der Waals surface area contributed by atoms with Crippen LogP contribution in [0.25, 0.3) is 0 Å². The van der Waals surface area contributed by atoms with E-state index >= 15 is 0 Å². The van der Waals surface area contributed by atoms with Gasteiger partial charge in [0, 0.05) is 18.2 Å². The third kappa shape index (κ3) is 6.07. The van der Waals surface area contributed by atoms with Crippen LogP contribution in [0.1, 0.15) is 63.5 Å². The van der Waals surface area contributed by atoms with Crippen molar-refractivity contribution in [3.63, 3.8) is 0 Å². The molecule has 1 fully saturated rings. The van der Waals surface area contributed by atoms with E-state index in [4.69, 9.17) is 5.73 Å². The number of nitrogens with one attached hydrogen (secondary N) is 2. The molecule has 0 heterocycles. The van der Waals surface area contributed by atoms with Gasteiger partial charge in [-0.3, -0.25) is 9.79 Å². The molecular formula is C20H32N4O. The minimum absolute atomic E-state index is 0.0756. The van der Waals surface area contributed by atoms with Crippen molar-refractivity contribution in [2.75, 3.05) is 11.9 Å². The minimum Gasteiger partial charge on any atom is -0.370 e. The second kappa shape index (κ2) is 10.1. The Labute approximate surface area is 151 Å². The number of anilines is 1. The lowest BCUT2D eigenvalue weighted by atomic mass is 9.95. The molecule has 25 heavy (non-hydrogen) atoms. The zero-order chi connectivity index (χ0) is 18.1. The molecule has 1 aromatic carbocycles. The predicted octanol–water partition coefficient (Wildman–Crippen LogP) is 3.38. The van der Waals surface area contributed by atoms with Crippen molar-refractivity contribution in [3.8, 4) is 0 Å². The molecule has 0 bridgehead atoms. The number of para-hydroxylation sites is 1. The summed E-state index contributed by atoms with van der Waals surface area (Å²) in [6.45, 7) is 4.67. The Bertz CT molecular complexity index is 569. The van der Waals surface area contributed by atoms with Crippen LogP contribution in [0, 0.1) is 0 Å². The molecule has 1 saturated carbocycles. The summed E-state index contributed by atoms with van der Waals surface area (Å²) in [7, 11) is 0. The van der Waals surface area contributed by atoms with E-state index in [0.717, 1.165) is 31.4 Å². The summed E-state index contributed by atoms with van der Waals surface area (Å²) >= 11 is 0. The van der Waals surface area contributed by atoms with E-state index in [9.17, 15) is 4.79 Å². The smallest absolute Gasteiger partial charge is 0.222 e. The Hall–Kier alpha value is -2.04. The molecule has 0 unspecified atom stereocenters. The molecule has 0 atom stereocenters. The molecule has 5 nitrogen and oxygen atoms in total. The quantitative estimate of drug-likeness (QED) is 0.524. The second-order valence-corrected chi connectivity index (χ2v) is 6.70. The lowest BCUT2D eigenvalue weighted by Crippen LogP contribution is -2.36. The third-order valence-electron chi connectivity index (χ3n) is 4.84. The van der Waals surface area contributed by atoms with Crippen LogP contribution in [0.15, 0.2) is 23.2 Å². The minimum atomic E-state index is 0.0756. The fourth-order valence-corrected chi connectivity index (χ4v) is 3.40. The SMILES string of the molecule is CCc1cccc(CC)c1NC(N)=NCCC(=O)NC1CCCCC1. The van der Waals surface area contributed by atoms with Crippen LogP contribution >= 0.6 is 0 Å². The highest BCUT2D eigenvalue weighted by atomic mass is 16.1. The molecule has 5 heteroatoms. The first-order valence-corrected chi connectivity index (χ1v) is 9.61. The number of hydrogen-bond acceptors (Lipinski definition) is 2. The van der Waals surface area contributed by atoms with Gasteiger partial charge in [-0.25, -0.2) is 0 Å². The number of carbonyl (C=O) groups excluding carboxylic acids is 1. The molecule has 1 aromatic rings. The standard InChI is InChI=1S/C20H32N4O/c1-3-15-9-8-10-16(4-2)19(15)24-20(21)22-14-13-18(25)23-17-11-6-5-7-12-17/h8-10,17H,3-7,11-14H2,1-2H3,(H,23,25)(H3,21,22,24). The fourth-order valence-electron chi connectivity index (χ4n) is 3.40. The van der Waals surface area contributed by atoms with Crippen molar-refractivity contribution in [2.24, 2.45) is 10.7 Å². The highest BCUT2D eigenvalue weighted by molar-refractivity contribution is 5.94. The summed E-state index contributed by atoms with van der Waals surface area (Å²) in [6, 6.07) is 6.63. The first kappa shape index (κ1) is 19.3. The zero-order valence-corrected chi connectivity index (χ0v) is 15.6. The van der Waals surface area contributed by atoms with Crippen LogP contribution in [-0.4, -0.2) is 24.5 Å². The number of carbonyl (C=O) groups is 1. The number of nitrogens with zero attached hydrogens (tertiary/aromatic N) is 1. The molecule has 2 rings (SSSR count). The number of guanidine groups is 1. The Balaban J connectivity index is 1.84. The third-order valence-corrected chi connectivity index (χ3v) is 4.84. The van der Waals surface area contributed by atoms with Gasteiger partial charge in [-0.05, 0) is 36.8 Å². The van der Waals surface area contributed by atoms with E-state index in [1.807, 2.05) is 0 Å². The van der Waals surface area contributed by atoms with Gasteiger partial charge in [0.05, 0.1) is 6.54 Å². The number of amides is 1. The first-order chi connectivity index (χ1) is 12.1. The van der Waals surface area contributed by atoms with Gasteiger partial charge in [0.25, 0.3) is 0 Å². The summed E-state index contributed by atoms with van der Waals surface area (Å²) < 4.78 is 0. The maximum Gasteiger partial charge on any atom is 0.222 e. The number of nitrogens with two attached hydrogens (primary N) is 1. The Morgan fingerprint density at radius 1 is 1.16 bits per heavy atom. The Morgan fingerprint density at radius 3 is 2.40 bits per heavy atom. The van der Waals surface area contributed by atoms with Crippen molar-refractivity contribution >= 4 is 17.6 Å². The number of hydrogen-bond donors (Lipinski definition) is 3. The lowest BCUT2D eigenvalue weighted by molar-refractivity contribution is -0.121. The average molecular weight is 345 g/mol. The van der Waals surface area contributed by atoms with E-state index < -0.39 is 0 Å². The van der Waals surface area contributed by atoms with Crippen molar-refractivity contribution in [1.29, 1.82) is 0 Å². The summed E-state index contributed by atoms with van der Waals surface area (Å²) in [4.78, 5) is 16.3. The van der Waals surface area contributed by atoms with Gasteiger partial charge in [-0.2, -0.15) is 0 Å². The van der Waals surface area contributed by atoms with Gasteiger partial charge in [0.2, 0.25) is 5.91 Å². The van der Waals surface area contributed by atoms with E-state index in [2.05, 4.69) is 47.7 Å². The highest BCUT2D eigenvalue weighted by Gasteiger charge is 2.15. The normalized spacial score (nSPS) is 15.8. The Morgan fingerprint density at radius 2 is 1.80 bits per heavy atom. The van der Waals surface area contributed by atoms with E-state index in [-0.39, 0.29) is 5.91 Å². The van der Waals surface area contributed by atoms with E-state index in [1.165, 1.54) is 30.4 Å². The molecule has 138 valence electrons. The van der Waals surface area contributed by atoms with Crippen molar-refractivity contribution in [2.45, 2.75) is 71.3 Å². The van der Waals surface area contributed by atoms with Crippen LogP contribution in [0.3, 0.4) is 0 Å². The Kier molecular flexibility index (Phi) is 7.76. The van der Waals surface area contributed by atoms with Gasteiger partial charge in [0.15, 0.2) is 5.96 Å². The van der Waals surface area contributed by atoms with Crippen LogP contribution in [0.2, 0.25) is 0 Å². The summed E-state index contributed by atoms with van der Waals surface area (Å²) in [5.41, 5.74) is 9.54. The monoisotopic (exact) mass is 344 g/mol. The molecule has 0 spiro atoms. The van der Waals surface area contributed by atoms with Gasteiger partial charge in [-0.15, -0.1) is 0 Å². The maximum atomic E-state index is 12.0. The first-order valence-electron chi connectivity index (χ1n) is 9.61. The van der Waals surface area contributed by atoms with Gasteiger partial charge in [0.1, 0.15) is 0 Å². The van der Waals surface area contributed by atoms with Crippen molar-refractivity contribution in [1.82, 2.24) is 5.32 Å². The molecule has 0 aliphatic heterocycles. The number of benzene rings is 1.